The lowest BCUT2D eigenvalue weighted by molar-refractivity contribution is -0.137. The number of methoxy groups -OCH3 is 1. The molecular formula is C16H17N3O5S. The lowest BCUT2D eigenvalue weighted by Gasteiger charge is -2.06. The molecule has 1 amide bonds. The third-order valence-corrected chi connectivity index (χ3v) is 5.20. The Kier molecular flexibility index (Phi) is 4.84. The van der Waals surface area contributed by atoms with Gasteiger partial charge >= 0.3 is 11.9 Å². The molecule has 8 nitrogen and oxygen atoms in total. The minimum atomic E-state index is -0.933. The largest absolute Gasteiger partial charge is 0.481 e. The number of amides is 1. The van der Waals surface area contributed by atoms with E-state index in [0.717, 1.165) is 29.7 Å². The monoisotopic (exact) mass is 363 g/mol. The average molecular weight is 363 g/mol. The molecule has 0 aromatic carbocycles. The van der Waals surface area contributed by atoms with Crippen molar-refractivity contribution in [3.63, 3.8) is 0 Å². The molecule has 0 bridgehead atoms. The molecule has 2 heterocycles. The fourth-order valence-electron chi connectivity index (χ4n) is 2.80. The van der Waals surface area contributed by atoms with Crippen LogP contribution >= 0.6 is 11.3 Å². The molecule has 0 aliphatic heterocycles. The third-order valence-electron chi connectivity index (χ3n) is 3.99. The maximum Gasteiger partial charge on any atom is 0.341 e. The van der Waals surface area contributed by atoms with Crippen molar-refractivity contribution in [3.8, 4) is 0 Å². The zero-order valence-corrected chi connectivity index (χ0v) is 14.4. The SMILES string of the molecule is COC(=O)c1c(NC(=O)c2cnn(CCC(=O)O)c2)sc2c1CCC2. The zero-order chi connectivity index (χ0) is 18.0. The van der Waals surface area contributed by atoms with Gasteiger partial charge in [0.15, 0.2) is 0 Å². The van der Waals surface area contributed by atoms with E-state index in [-0.39, 0.29) is 13.0 Å². The van der Waals surface area contributed by atoms with Crippen molar-refractivity contribution in [1.82, 2.24) is 9.78 Å². The fourth-order valence-corrected chi connectivity index (χ4v) is 4.07. The number of ether oxygens (including phenoxy) is 1. The van der Waals surface area contributed by atoms with Gasteiger partial charge in [-0.3, -0.25) is 14.3 Å². The Morgan fingerprint density at radius 1 is 1.40 bits per heavy atom. The first-order valence-corrected chi connectivity index (χ1v) is 8.59. The number of fused-ring (bicyclic) bond motifs is 1. The molecule has 0 unspecified atom stereocenters. The standard InChI is InChI=1S/C16H17N3O5S/c1-24-16(23)13-10-3-2-4-11(10)25-15(13)18-14(22)9-7-17-19(8-9)6-5-12(20)21/h7-8H,2-6H2,1H3,(H,18,22)(H,20,21). The molecule has 1 aliphatic rings. The molecule has 2 aromatic rings. The topological polar surface area (TPSA) is 111 Å². The number of carbonyl (C=O) groups excluding carboxylic acids is 2. The molecule has 25 heavy (non-hydrogen) atoms. The van der Waals surface area contributed by atoms with Crippen LogP contribution in [-0.2, 0) is 28.9 Å². The Balaban J connectivity index is 1.77. The summed E-state index contributed by atoms with van der Waals surface area (Å²) in [5.41, 5.74) is 1.70. The maximum atomic E-state index is 12.4. The summed E-state index contributed by atoms with van der Waals surface area (Å²) in [6, 6.07) is 0. The number of aliphatic carboxylic acids is 1. The van der Waals surface area contributed by atoms with Gasteiger partial charge in [-0.1, -0.05) is 0 Å². The van der Waals surface area contributed by atoms with E-state index in [0.29, 0.717) is 16.1 Å². The Bertz CT molecular complexity index is 839. The summed E-state index contributed by atoms with van der Waals surface area (Å²) in [5.74, 6) is -1.78. The van der Waals surface area contributed by atoms with Crippen molar-refractivity contribution < 1.29 is 24.2 Å². The van der Waals surface area contributed by atoms with Crippen molar-refractivity contribution in [2.75, 3.05) is 12.4 Å². The van der Waals surface area contributed by atoms with Crippen LogP contribution in [0.1, 0.15) is 44.0 Å². The summed E-state index contributed by atoms with van der Waals surface area (Å²) >= 11 is 1.40. The number of carboxylic acids is 1. The second-order valence-corrected chi connectivity index (χ2v) is 6.75. The van der Waals surface area contributed by atoms with Crippen molar-refractivity contribution >= 4 is 34.2 Å². The van der Waals surface area contributed by atoms with Crippen LogP contribution in [0.5, 0.6) is 0 Å². The molecule has 0 saturated carbocycles. The van der Waals surface area contributed by atoms with Gasteiger partial charge in [0.1, 0.15) is 5.00 Å². The van der Waals surface area contributed by atoms with Gasteiger partial charge in [0.2, 0.25) is 0 Å². The summed E-state index contributed by atoms with van der Waals surface area (Å²) in [6.45, 7) is 0.184. The maximum absolute atomic E-state index is 12.4. The second kappa shape index (κ2) is 7.06. The van der Waals surface area contributed by atoms with Crippen LogP contribution in [0.4, 0.5) is 5.00 Å². The molecule has 9 heteroatoms. The van der Waals surface area contributed by atoms with Crippen LogP contribution in [-0.4, -0.2) is 39.8 Å². The van der Waals surface area contributed by atoms with E-state index >= 15 is 0 Å². The van der Waals surface area contributed by atoms with Crippen LogP contribution < -0.4 is 5.32 Å². The number of esters is 1. The highest BCUT2D eigenvalue weighted by Gasteiger charge is 2.28. The van der Waals surface area contributed by atoms with Crippen LogP contribution in [0.25, 0.3) is 0 Å². The van der Waals surface area contributed by atoms with Crippen LogP contribution in [0.3, 0.4) is 0 Å². The lowest BCUT2D eigenvalue weighted by atomic mass is 10.1. The zero-order valence-electron chi connectivity index (χ0n) is 13.6. The van der Waals surface area contributed by atoms with Crippen LogP contribution in [0, 0.1) is 0 Å². The van der Waals surface area contributed by atoms with Gasteiger partial charge in [-0.2, -0.15) is 5.10 Å². The van der Waals surface area contributed by atoms with E-state index in [1.54, 1.807) is 0 Å². The highest BCUT2D eigenvalue weighted by molar-refractivity contribution is 7.17. The molecule has 0 radical (unpaired) electrons. The Morgan fingerprint density at radius 3 is 2.92 bits per heavy atom. The molecule has 2 aromatic heterocycles. The van der Waals surface area contributed by atoms with Gasteiger partial charge in [0, 0.05) is 11.1 Å². The summed E-state index contributed by atoms with van der Waals surface area (Å²) < 4.78 is 6.25. The normalized spacial score (nSPS) is 12.7. The highest BCUT2D eigenvalue weighted by Crippen LogP contribution is 2.39. The summed E-state index contributed by atoms with van der Waals surface area (Å²) in [7, 11) is 1.32. The Labute approximate surface area is 147 Å². The Hall–Kier alpha value is -2.68. The molecule has 132 valence electrons. The van der Waals surface area contributed by atoms with Crippen molar-refractivity contribution in [2.45, 2.75) is 32.2 Å². The minimum Gasteiger partial charge on any atom is -0.481 e. The number of aromatic nitrogens is 2. The van der Waals surface area contributed by atoms with E-state index in [2.05, 4.69) is 10.4 Å². The van der Waals surface area contributed by atoms with E-state index in [1.807, 2.05) is 0 Å². The van der Waals surface area contributed by atoms with Crippen molar-refractivity contribution in [2.24, 2.45) is 0 Å². The highest BCUT2D eigenvalue weighted by atomic mass is 32.1. The molecule has 0 fully saturated rings. The van der Waals surface area contributed by atoms with Gasteiger partial charge in [0.25, 0.3) is 5.91 Å². The van der Waals surface area contributed by atoms with E-state index in [9.17, 15) is 14.4 Å². The Morgan fingerprint density at radius 2 is 2.20 bits per heavy atom. The van der Waals surface area contributed by atoms with Crippen LogP contribution in [0.2, 0.25) is 0 Å². The first-order valence-electron chi connectivity index (χ1n) is 7.78. The number of thiophene rings is 1. The molecule has 3 rings (SSSR count). The molecule has 1 aliphatic carbocycles. The smallest absolute Gasteiger partial charge is 0.341 e. The summed E-state index contributed by atoms with van der Waals surface area (Å²) in [5, 5.41) is 15.9. The first kappa shape index (κ1) is 17.2. The van der Waals surface area contributed by atoms with Crippen molar-refractivity contribution in [3.05, 3.63) is 34.0 Å². The molecule has 2 N–H and O–H groups in total. The van der Waals surface area contributed by atoms with E-state index in [1.165, 1.54) is 35.5 Å². The van der Waals surface area contributed by atoms with Gasteiger partial charge < -0.3 is 15.2 Å². The number of carbonyl (C=O) groups is 3. The predicted octanol–water partition coefficient (Wildman–Crippen LogP) is 1.95. The number of aryl methyl sites for hydroxylation is 2. The predicted molar refractivity (Wildman–Crippen MR) is 90.1 cm³/mol. The van der Waals surface area contributed by atoms with Crippen molar-refractivity contribution in [1.29, 1.82) is 0 Å². The number of hydrogen-bond donors (Lipinski definition) is 2. The molecular weight excluding hydrogens is 346 g/mol. The van der Waals surface area contributed by atoms with Gasteiger partial charge in [-0.15, -0.1) is 11.3 Å². The number of nitrogens with one attached hydrogen (secondary N) is 1. The molecule has 0 spiro atoms. The first-order chi connectivity index (χ1) is 12.0. The second-order valence-electron chi connectivity index (χ2n) is 5.64. The van der Waals surface area contributed by atoms with E-state index < -0.39 is 17.8 Å². The van der Waals surface area contributed by atoms with Gasteiger partial charge in [0.05, 0.1) is 37.4 Å². The molecule has 0 atom stereocenters. The summed E-state index contributed by atoms with van der Waals surface area (Å²) in [6.07, 6.45) is 5.47. The summed E-state index contributed by atoms with van der Waals surface area (Å²) in [4.78, 5) is 36.2. The fraction of sp³-hybridized carbons (Fsp3) is 0.375. The molecule has 0 saturated heterocycles. The number of carboxylic acid groups (broad SMARTS) is 1. The quantitative estimate of drug-likeness (QED) is 0.759. The number of anilines is 1. The van der Waals surface area contributed by atoms with Crippen LogP contribution in [0.15, 0.2) is 12.4 Å². The minimum absolute atomic E-state index is 0.0765. The lowest BCUT2D eigenvalue weighted by Crippen LogP contribution is -2.14. The average Bonchev–Trinajstić information content (AvgIpc) is 3.27. The number of nitrogens with zero attached hydrogens (tertiary/aromatic N) is 2. The van der Waals surface area contributed by atoms with Gasteiger partial charge in [-0.25, -0.2) is 4.79 Å². The number of rotatable bonds is 6. The van der Waals surface area contributed by atoms with E-state index in [4.69, 9.17) is 9.84 Å². The number of hydrogen-bond acceptors (Lipinski definition) is 6. The van der Waals surface area contributed by atoms with Gasteiger partial charge in [-0.05, 0) is 24.8 Å². The third kappa shape index (κ3) is 3.55.